The van der Waals surface area contributed by atoms with Crippen LogP contribution in [0.1, 0.15) is 43.7 Å². The molecule has 0 radical (unpaired) electrons. The van der Waals surface area contributed by atoms with Gasteiger partial charge in [-0.2, -0.15) is 4.98 Å². The van der Waals surface area contributed by atoms with Gasteiger partial charge in [-0.1, -0.05) is 0 Å². The predicted octanol–water partition coefficient (Wildman–Crippen LogP) is 1.85. The Bertz CT molecular complexity index is 470. The van der Waals surface area contributed by atoms with Crippen molar-refractivity contribution >= 4 is 11.8 Å². The lowest BCUT2D eigenvalue weighted by atomic mass is 10.0. The van der Waals surface area contributed by atoms with Gasteiger partial charge in [-0.15, -0.1) is 0 Å². The Kier molecular flexibility index (Phi) is 5.45. The molecule has 2 fully saturated rings. The summed E-state index contributed by atoms with van der Waals surface area (Å²) in [4.78, 5) is 11.2. The fourth-order valence-electron chi connectivity index (χ4n) is 3.24. The summed E-state index contributed by atoms with van der Waals surface area (Å²) >= 11 is 0. The molecule has 3 heterocycles. The molecule has 22 heavy (non-hydrogen) atoms. The molecule has 1 aromatic rings. The van der Waals surface area contributed by atoms with Crippen molar-refractivity contribution in [3.8, 4) is 0 Å². The number of aromatic nitrogens is 2. The van der Waals surface area contributed by atoms with E-state index in [1.165, 1.54) is 38.9 Å². The first-order valence-electron chi connectivity index (χ1n) is 8.50. The lowest BCUT2D eigenvalue weighted by molar-refractivity contribution is 0.193. The highest BCUT2D eigenvalue weighted by Gasteiger charge is 2.20. The van der Waals surface area contributed by atoms with E-state index in [1.54, 1.807) is 0 Å². The molecule has 1 unspecified atom stereocenters. The first-order valence-corrected chi connectivity index (χ1v) is 8.50. The minimum Gasteiger partial charge on any atom is -0.381 e. The highest BCUT2D eigenvalue weighted by atomic mass is 16.5. The number of nitrogens with two attached hydrogens (primary N) is 1. The molecule has 2 aliphatic heterocycles. The number of rotatable bonds is 7. The van der Waals surface area contributed by atoms with E-state index in [4.69, 9.17) is 10.5 Å². The molecule has 6 heteroatoms. The third-order valence-electron chi connectivity index (χ3n) is 4.52. The highest BCUT2D eigenvalue weighted by Crippen LogP contribution is 2.25. The number of nitrogen functional groups attached to an aromatic ring is 1. The SMILES string of the molecule is Nc1nc(NCCCCN2CCCC2)cc(C2CCOC2)n1. The summed E-state index contributed by atoms with van der Waals surface area (Å²) in [6, 6.07) is 2.02. The van der Waals surface area contributed by atoms with E-state index in [1.807, 2.05) is 6.07 Å². The number of anilines is 2. The van der Waals surface area contributed by atoms with E-state index in [-0.39, 0.29) is 0 Å². The Morgan fingerprint density at radius 3 is 2.91 bits per heavy atom. The zero-order valence-electron chi connectivity index (χ0n) is 13.3. The Hall–Kier alpha value is -1.40. The quantitative estimate of drug-likeness (QED) is 0.749. The van der Waals surface area contributed by atoms with Crippen molar-refractivity contribution in [2.75, 3.05) is 50.4 Å². The maximum absolute atomic E-state index is 5.83. The second kappa shape index (κ2) is 7.74. The number of ether oxygens (including phenoxy) is 1. The van der Waals surface area contributed by atoms with Crippen LogP contribution in [0, 0.1) is 0 Å². The monoisotopic (exact) mass is 305 g/mol. The van der Waals surface area contributed by atoms with Crippen LogP contribution in [-0.2, 0) is 4.74 Å². The van der Waals surface area contributed by atoms with Gasteiger partial charge in [0, 0.05) is 25.1 Å². The molecule has 2 aliphatic rings. The van der Waals surface area contributed by atoms with Gasteiger partial charge in [0.25, 0.3) is 0 Å². The van der Waals surface area contributed by atoms with Gasteiger partial charge in [0.1, 0.15) is 5.82 Å². The Morgan fingerprint density at radius 2 is 2.14 bits per heavy atom. The number of hydrogen-bond acceptors (Lipinski definition) is 6. The van der Waals surface area contributed by atoms with Crippen LogP contribution in [0.2, 0.25) is 0 Å². The minimum absolute atomic E-state index is 0.351. The van der Waals surface area contributed by atoms with Crippen LogP contribution < -0.4 is 11.1 Å². The van der Waals surface area contributed by atoms with E-state index >= 15 is 0 Å². The van der Waals surface area contributed by atoms with E-state index in [0.29, 0.717) is 11.9 Å². The van der Waals surface area contributed by atoms with Crippen LogP contribution >= 0.6 is 0 Å². The number of nitrogens with one attached hydrogen (secondary N) is 1. The average molecular weight is 305 g/mol. The van der Waals surface area contributed by atoms with Gasteiger partial charge >= 0.3 is 0 Å². The largest absolute Gasteiger partial charge is 0.381 e. The van der Waals surface area contributed by atoms with Crippen LogP contribution in [-0.4, -0.2) is 54.3 Å². The number of likely N-dealkylation sites (tertiary alicyclic amines) is 1. The maximum atomic E-state index is 5.83. The van der Waals surface area contributed by atoms with Crippen molar-refractivity contribution in [2.24, 2.45) is 0 Å². The van der Waals surface area contributed by atoms with Gasteiger partial charge in [0.2, 0.25) is 5.95 Å². The molecule has 0 bridgehead atoms. The zero-order valence-corrected chi connectivity index (χ0v) is 13.3. The molecule has 1 atom stereocenters. The van der Waals surface area contributed by atoms with Crippen molar-refractivity contribution in [3.63, 3.8) is 0 Å². The summed E-state index contributed by atoms with van der Waals surface area (Å²) in [6.07, 6.45) is 6.14. The summed E-state index contributed by atoms with van der Waals surface area (Å²) in [5, 5.41) is 3.38. The second-order valence-corrected chi connectivity index (χ2v) is 6.28. The van der Waals surface area contributed by atoms with Gasteiger partial charge in [-0.25, -0.2) is 4.98 Å². The first-order chi connectivity index (χ1) is 10.8. The summed E-state index contributed by atoms with van der Waals surface area (Å²) in [5.74, 6) is 1.56. The Labute approximate surface area is 132 Å². The standard InChI is InChI=1S/C16H27N5O/c17-16-19-14(13-5-10-22-12-13)11-15(20-16)18-6-1-2-7-21-8-3-4-9-21/h11,13H,1-10,12H2,(H3,17,18,19,20). The summed E-state index contributed by atoms with van der Waals surface area (Å²) < 4.78 is 5.43. The van der Waals surface area contributed by atoms with Crippen molar-refractivity contribution in [3.05, 3.63) is 11.8 Å². The molecular formula is C16H27N5O. The van der Waals surface area contributed by atoms with Crippen molar-refractivity contribution in [1.82, 2.24) is 14.9 Å². The fourth-order valence-corrected chi connectivity index (χ4v) is 3.24. The normalized spacial score (nSPS) is 22.3. The smallest absolute Gasteiger partial charge is 0.222 e. The van der Waals surface area contributed by atoms with Crippen LogP contribution in [0.25, 0.3) is 0 Å². The molecule has 3 N–H and O–H groups in total. The topological polar surface area (TPSA) is 76.3 Å². The molecule has 0 aromatic carbocycles. The number of unbranched alkanes of at least 4 members (excludes halogenated alkanes) is 1. The maximum Gasteiger partial charge on any atom is 0.222 e. The van der Waals surface area contributed by atoms with Gasteiger partial charge < -0.3 is 20.7 Å². The first kappa shape index (κ1) is 15.5. The van der Waals surface area contributed by atoms with E-state index < -0.39 is 0 Å². The average Bonchev–Trinajstić information content (AvgIpc) is 3.20. The third-order valence-corrected chi connectivity index (χ3v) is 4.52. The van der Waals surface area contributed by atoms with Crippen molar-refractivity contribution < 1.29 is 4.74 Å². The molecule has 0 aliphatic carbocycles. The van der Waals surface area contributed by atoms with Crippen molar-refractivity contribution in [1.29, 1.82) is 0 Å². The Balaban J connectivity index is 1.43. The number of nitrogens with zero attached hydrogens (tertiary/aromatic N) is 3. The van der Waals surface area contributed by atoms with Crippen LogP contribution in [0.3, 0.4) is 0 Å². The molecule has 1 aromatic heterocycles. The molecule has 0 saturated carbocycles. The van der Waals surface area contributed by atoms with E-state index in [9.17, 15) is 0 Å². The van der Waals surface area contributed by atoms with Gasteiger partial charge in [-0.3, -0.25) is 0 Å². The van der Waals surface area contributed by atoms with Crippen molar-refractivity contribution in [2.45, 2.75) is 38.0 Å². The summed E-state index contributed by atoms with van der Waals surface area (Å²) in [5.41, 5.74) is 6.83. The molecule has 0 spiro atoms. The lowest BCUT2D eigenvalue weighted by Gasteiger charge is -2.14. The van der Waals surface area contributed by atoms with Gasteiger partial charge in [0.05, 0.1) is 12.3 Å². The fraction of sp³-hybridized carbons (Fsp3) is 0.750. The predicted molar refractivity (Wildman–Crippen MR) is 88.0 cm³/mol. The van der Waals surface area contributed by atoms with Gasteiger partial charge in [0.15, 0.2) is 0 Å². The zero-order chi connectivity index (χ0) is 15.2. The molecule has 6 nitrogen and oxygen atoms in total. The summed E-state index contributed by atoms with van der Waals surface area (Å²) in [6.45, 7) is 6.27. The molecule has 122 valence electrons. The molecule has 3 rings (SSSR count). The van der Waals surface area contributed by atoms with E-state index in [0.717, 1.165) is 44.1 Å². The third kappa shape index (κ3) is 4.30. The highest BCUT2D eigenvalue weighted by molar-refractivity contribution is 5.41. The molecule has 0 amide bonds. The van der Waals surface area contributed by atoms with Crippen LogP contribution in [0.15, 0.2) is 6.07 Å². The van der Waals surface area contributed by atoms with Gasteiger partial charge in [-0.05, 0) is 51.7 Å². The lowest BCUT2D eigenvalue weighted by Crippen LogP contribution is -2.21. The molecule has 2 saturated heterocycles. The van der Waals surface area contributed by atoms with E-state index in [2.05, 4.69) is 20.2 Å². The van der Waals surface area contributed by atoms with Crippen LogP contribution in [0.4, 0.5) is 11.8 Å². The Morgan fingerprint density at radius 1 is 1.27 bits per heavy atom. The molecular weight excluding hydrogens is 278 g/mol. The minimum atomic E-state index is 0.351. The summed E-state index contributed by atoms with van der Waals surface area (Å²) in [7, 11) is 0. The van der Waals surface area contributed by atoms with Crippen LogP contribution in [0.5, 0.6) is 0 Å². The number of hydrogen-bond donors (Lipinski definition) is 2. The second-order valence-electron chi connectivity index (χ2n) is 6.28.